The molecule has 1 amide bonds. The Morgan fingerprint density at radius 2 is 2.25 bits per heavy atom. The van der Waals surface area contributed by atoms with Crippen molar-refractivity contribution in [1.82, 2.24) is 10.6 Å². The first-order chi connectivity index (χ1) is 9.45. The Morgan fingerprint density at radius 1 is 1.50 bits per heavy atom. The molecule has 1 fully saturated rings. The maximum Gasteiger partial charge on any atom is 0.228 e. The number of carbonyl (C=O) groups excluding carboxylic acids is 1. The average Bonchev–Trinajstić information content (AvgIpc) is 2.90. The second kappa shape index (κ2) is 5.92. The molecule has 1 unspecified atom stereocenters. The maximum absolute atomic E-state index is 13.5. The third-order valence-electron chi connectivity index (χ3n) is 4.44. The maximum atomic E-state index is 13.5. The van der Waals surface area contributed by atoms with Crippen molar-refractivity contribution in [2.45, 2.75) is 33.7 Å². The molecule has 1 atom stereocenters. The molecule has 20 heavy (non-hydrogen) atoms. The van der Waals surface area contributed by atoms with Crippen LogP contribution < -0.4 is 10.6 Å². The van der Waals surface area contributed by atoms with Crippen LogP contribution >= 0.6 is 0 Å². The molecule has 2 N–H and O–H groups in total. The Morgan fingerprint density at radius 3 is 2.80 bits per heavy atom. The zero-order valence-corrected chi connectivity index (χ0v) is 12.4. The number of carbonyl (C=O) groups is 1. The van der Waals surface area contributed by atoms with Gasteiger partial charge in [0.1, 0.15) is 5.82 Å². The van der Waals surface area contributed by atoms with Gasteiger partial charge in [-0.3, -0.25) is 4.79 Å². The molecule has 1 aliphatic rings. The Kier molecular flexibility index (Phi) is 4.43. The van der Waals surface area contributed by atoms with Gasteiger partial charge in [0.05, 0.1) is 5.41 Å². The number of rotatable bonds is 4. The van der Waals surface area contributed by atoms with Gasteiger partial charge >= 0.3 is 0 Å². The summed E-state index contributed by atoms with van der Waals surface area (Å²) in [5, 5.41) is 6.23. The summed E-state index contributed by atoms with van der Waals surface area (Å²) in [5.74, 6) is 0.128. The molecule has 1 aliphatic heterocycles. The zero-order valence-electron chi connectivity index (χ0n) is 12.4. The van der Waals surface area contributed by atoms with Crippen molar-refractivity contribution in [3.63, 3.8) is 0 Å². The van der Waals surface area contributed by atoms with Crippen LogP contribution in [0.5, 0.6) is 0 Å². The quantitative estimate of drug-likeness (QED) is 0.888. The monoisotopic (exact) mass is 278 g/mol. The van der Waals surface area contributed by atoms with E-state index in [1.165, 1.54) is 6.07 Å². The van der Waals surface area contributed by atoms with Gasteiger partial charge in [0.15, 0.2) is 0 Å². The standard InChI is InChI=1S/C16H23FN2O/c1-11(2)16(6-7-18-10-16)15(20)19-9-13-5-4-12(3)14(17)8-13/h4-5,8,11,18H,6-7,9-10H2,1-3H3,(H,19,20). The molecule has 2 rings (SSSR count). The number of halogens is 1. The van der Waals surface area contributed by atoms with Gasteiger partial charge in [-0.05, 0) is 43.0 Å². The fraction of sp³-hybridized carbons (Fsp3) is 0.562. The first-order valence-corrected chi connectivity index (χ1v) is 7.20. The predicted molar refractivity (Wildman–Crippen MR) is 77.7 cm³/mol. The zero-order chi connectivity index (χ0) is 14.8. The number of benzene rings is 1. The van der Waals surface area contributed by atoms with Crippen molar-refractivity contribution in [3.05, 3.63) is 35.1 Å². The SMILES string of the molecule is Cc1ccc(CNC(=O)C2(C(C)C)CCNC2)cc1F. The smallest absolute Gasteiger partial charge is 0.228 e. The number of nitrogens with one attached hydrogen (secondary N) is 2. The van der Waals surface area contributed by atoms with Crippen LogP contribution in [-0.4, -0.2) is 19.0 Å². The van der Waals surface area contributed by atoms with E-state index < -0.39 is 0 Å². The van der Waals surface area contributed by atoms with E-state index in [-0.39, 0.29) is 23.1 Å². The van der Waals surface area contributed by atoms with Gasteiger partial charge in [0.2, 0.25) is 5.91 Å². The number of hydrogen-bond donors (Lipinski definition) is 2. The molecule has 0 aromatic heterocycles. The predicted octanol–water partition coefficient (Wildman–Crippen LogP) is 2.39. The molecule has 3 nitrogen and oxygen atoms in total. The van der Waals surface area contributed by atoms with Crippen LogP contribution in [0, 0.1) is 24.1 Å². The molecule has 0 spiro atoms. The molecule has 1 saturated heterocycles. The van der Waals surface area contributed by atoms with Crippen LogP contribution in [-0.2, 0) is 11.3 Å². The van der Waals surface area contributed by atoms with Crippen LogP contribution in [0.4, 0.5) is 4.39 Å². The Labute approximate surface area is 120 Å². The third kappa shape index (κ3) is 2.85. The average molecular weight is 278 g/mol. The van der Waals surface area contributed by atoms with E-state index in [4.69, 9.17) is 0 Å². The Balaban J connectivity index is 2.02. The van der Waals surface area contributed by atoms with Crippen molar-refractivity contribution in [2.75, 3.05) is 13.1 Å². The highest BCUT2D eigenvalue weighted by Gasteiger charge is 2.43. The summed E-state index contributed by atoms with van der Waals surface area (Å²) in [7, 11) is 0. The lowest BCUT2D eigenvalue weighted by Crippen LogP contribution is -2.45. The van der Waals surface area contributed by atoms with Crippen molar-refractivity contribution in [3.8, 4) is 0 Å². The summed E-state index contributed by atoms with van der Waals surface area (Å²) in [6.07, 6.45) is 0.860. The van der Waals surface area contributed by atoms with Gasteiger partial charge in [0.25, 0.3) is 0 Å². The number of amides is 1. The summed E-state index contributed by atoms with van der Waals surface area (Å²) in [6, 6.07) is 5.09. The summed E-state index contributed by atoms with van der Waals surface area (Å²) in [4.78, 5) is 12.5. The van der Waals surface area contributed by atoms with Crippen molar-refractivity contribution < 1.29 is 9.18 Å². The van der Waals surface area contributed by atoms with Gasteiger partial charge in [0, 0.05) is 13.1 Å². The van der Waals surface area contributed by atoms with Crippen LogP contribution in [0.3, 0.4) is 0 Å². The van der Waals surface area contributed by atoms with E-state index in [0.717, 1.165) is 25.1 Å². The highest BCUT2D eigenvalue weighted by Crippen LogP contribution is 2.34. The summed E-state index contributed by atoms with van der Waals surface area (Å²) in [5.41, 5.74) is 1.09. The van der Waals surface area contributed by atoms with Crippen molar-refractivity contribution in [2.24, 2.45) is 11.3 Å². The molecular formula is C16H23FN2O. The lowest BCUT2D eigenvalue weighted by molar-refractivity contribution is -0.132. The van der Waals surface area contributed by atoms with Gasteiger partial charge in [-0.1, -0.05) is 26.0 Å². The molecule has 4 heteroatoms. The second-order valence-electron chi connectivity index (χ2n) is 6.00. The minimum absolute atomic E-state index is 0.0680. The third-order valence-corrected chi connectivity index (χ3v) is 4.44. The van der Waals surface area contributed by atoms with Crippen LogP contribution in [0.2, 0.25) is 0 Å². The van der Waals surface area contributed by atoms with E-state index in [9.17, 15) is 9.18 Å². The van der Waals surface area contributed by atoms with E-state index >= 15 is 0 Å². The van der Waals surface area contributed by atoms with Gasteiger partial charge in [-0.25, -0.2) is 4.39 Å². The molecule has 0 radical (unpaired) electrons. The molecule has 1 aromatic rings. The first kappa shape index (κ1) is 15.0. The fourth-order valence-corrected chi connectivity index (χ4v) is 2.76. The van der Waals surface area contributed by atoms with Crippen molar-refractivity contribution in [1.29, 1.82) is 0 Å². The lowest BCUT2D eigenvalue weighted by atomic mass is 9.75. The van der Waals surface area contributed by atoms with Crippen LogP contribution in [0.15, 0.2) is 18.2 Å². The van der Waals surface area contributed by atoms with Crippen LogP contribution in [0.25, 0.3) is 0 Å². The largest absolute Gasteiger partial charge is 0.351 e. The molecule has 0 saturated carbocycles. The molecular weight excluding hydrogens is 255 g/mol. The topological polar surface area (TPSA) is 41.1 Å². The molecule has 1 aromatic carbocycles. The summed E-state index contributed by atoms with van der Waals surface area (Å²) in [6.45, 7) is 7.87. The first-order valence-electron chi connectivity index (χ1n) is 7.20. The highest BCUT2D eigenvalue weighted by atomic mass is 19.1. The van der Waals surface area contributed by atoms with E-state index in [0.29, 0.717) is 12.1 Å². The van der Waals surface area contributed by atoms with E-state index in [1.54, 1.807) is 13.0 Å². The Hall–Kier alpha value is -1.42. The van der Waals surface area contributed by atoms with Crippen LogP contribution in [0.1, 0.15) is 31.4 Å². The van der Waals surface area contributed by atoms with E-state index in [1.807, 2.05) is 6.07 Å². The minimum atomic E-state index is -0.330. The summed E-state index contributed by atoms with van der Waals surface area (Å²) >= 11 is 0. The van der Waals surface area contributed by atoms with Crippen molar-refractivity contribution >= 4 is 5.91 Å². The lowest BCUT2D eigenvalue weighted by Gasteiger charge is -2.31. The second-order valence-corrected chi connectivity index (χ2v) is 6.00. The fourth-order valence-electron chi connectivity index (χ4n) is 2.76. The highest BCUT2D eigenvalue weighted by molar-refractivity contribution is 5.83. The number of aryl methyl sites for hydroxylation is 1. The summed E-state index contributed by atoms with van der Waals surface area (Å²) < 4.78 is 13.5. The Bertz CT molecular complexity index is 493. The molecule has 110 valence electrons. The molecule has 0 aliphatic carbocycles. The van der Waals surface area contributed by atoms with Gasteiger partial charge in [-0.2, -0.15) is 0 Å². The molecule has 1 heterocycles. The van der Waals surface area contributed by atoms with E-state index in [2.05, 4.69) is 24.5 Å². The molecule has 0 bridgehead atoms. The normalized spacial score (nSPS) is 22.2. The van der Waals surface area contributed by atoms with Gasteiger partial charge in [-0.15, -0.1) is 0 Å². The minimum Gasteiger partial charge on any atom is -0.351 e. The van der Waals surface area contributed by atoms with Gasteiger partial charge < -0.3 is 10.6 Å². The number of hydrogen-bond acceptors (Lipinski definition) is 2.